The molecule has 1 aliphatic carbocycles. The fourth-order valence-corrected chi connectivity index (χ4v) is 11.5. The summed E-state index contributed by atoms with van der Waals surface area (Å²) in [6.07, 6.45) is 5.89. The van der Waals surface area contributed by atoms with Crippen molar-refractivity contribution in [2.45, 2.75) is 12.3 Å². The van der Waals surface area contributed by atoms with Gasteiger partial charge < -0.3 is 19.6 Å². The molecule has 14 rings (SSSR count). The SMILES string of the molecule is C1=C2C(=CC(c3cc4cc(-c5ccc6c(c5)N(c5ccccc5)c5ccccc5N6c5ccccc5)c5ccccc5c4c4ccccc34)C1)N(c1ccccc1)c1ccccc1N2c1ccccc1. The molecule has 0 fully saturated rings. The van der Waals surface area contributed by atoms with E-state index in [0.717, 1.165) is 57.6 Å². The van der Waals surface area contributed by atoms with Crippen molar-refractivity contribution in [3.63, 3.8) is 0 Å². The van der Waals surface area contributed by atoms with Gasteiger partial charge >= 0.3 is 0 Å². The lowest BCUT2D eigenvalue weighted by molar-refractivity contribution is 0.819. The Balaban J connectivity index is 0.973. The maximum atomic E-state index is 2.54. The number of rotatable bonds is 6. The number of anilines is 10. The lowest BCUT2D eigenvalue weighted by atomic mass is 9.82. The summed E-state index contributed by atoms with van der Waals surface area (Å²) >= 11 is 0. The van der Waals surface area contributed by atoms with Gasteiger partial charge in [0.15, 0.2) is 0 Å². The van der Waals surface area contributed by atoms with Gasteiger partial charge in [0.2, 0.25) is 0 Å². The second kappa shape index (κ2) is 16.3. The van der Waals surface area contributed by atoms with E-state index in [0.29, 0.717) is 0 Å². The molecule has 0 spiro atoms. The Kier molecular flexibility index (Phi) is 9.31. The van der Waals surface area contributed by atoms with E-state index in [1.807, 2.05) is 0 Å². The lowest BCUT2D eigenvalue weighted by Crippen LogP contribution is -2.34. The van der Waals surface area contributed by atoms with Crippen LogP contribution in [0.1, 0.15) is 17.9 Å². The van der Waals surface area contributed by atoms with Gasteiger partial charge in [0.05, 0.1) is 45.5 Å². The summed E-state index contributed by atoms with van der Waals surface area (Å²) in [5.74, 6) is 0.115. The molecule has 3 aliphatic rings. The summed E-state index contributed by atoms with van der Waals surface area (Å²) in [5, 5.41) is 7.60. The summed E-state index contributed by atoms with van der Waals surface area (Å²) in [6.45, 7) is 0. The van der Waals surface area contributed by atoms with Gasteiger partial charge in [-0.15, -0.1) is 0 Å². The van der Waals surface area contributed by atoms with Crippen LogP contribution in [-0.4, -0.2) is 0 Å². The van der Waals surface area contributed by atoms with Crippen molar-refractivity contribution in [3.8, 4) is 11.1 Å². The van der Waals surface area contributed by atoms with Crippen molar-refractivity contribution in [1.29, 1.82) is 0 Å². The second-order valence-electron chi connectivity index (χ2n) is 18.4. The first kappa shape index (κ1) is 40.0. The Morgan fingerprint density at radius 1 is 0.314 bits per heavy atom. The molecule has 11 aromatic rings. The average Bonchev–Trinajstić information content (AvgIpc) is 3.44. The standard InChI is InChI=1S/C66H46N4/c1-5-21-48(22-6-1)67-58-33-17-19-35-60(58)69(50-25-9-3-10-26-50)64-43-45(37-39-62(64)67)56-41-47-42-57(53-30-14-16-32-55(53)66(47)54-31-15-13-29-52(54)56)46-38-40-63-65(44-46)70(51-27-11-4-12-28-51)61-36-20-18-34-59(61)68(63)49-23-7-2-8-24-49/h1-37,39-44,46H,38H2. The Bertz CT molecular complexity index is 3880. The van der Waals surface area contributed by atoms with Crippen LogP contribution in [0.4, 0.5) is 56.9 Å². The largest absolute Gasteiger partial charge is 0.307 e. The third-order valence-corrected chi connectivity index (χ3v) is 14.5. The van der Waals surface area contributed by atoms with Crippen molar-refractivity contribution < 1.29 is 0 Å². The molecule has 2 aliphatic heterocycles. The number of fused-ring (bicyclic) bond motifs is 9. The van der Waals surface area contributed by atoms with E-state index >= 15 is 0 Å². The monoisotopic (exact) mass is 894 g/mol. The van der Waals surface area contributed by atoms with Gasteiger partial charge in [-0.2, -0.15) is 0 Å². The van der Waals surface area contributed by atoms with E-state index < -0.39 is 0 Å². The van der Waals surface area contributed by atoms with Crippen molar-refractivity contribution >= 4 is 89.2 Å². The number of nitrogens with zero attached hydrogens (tertiary/aromatic N) is 4. The van der Waals surface area contributed by atoms with E-state index in [4.69, 9.17) is 0 Å². The van der Waals surface area contributed by atoms with Crippen molar-refractivity contribution in [3.05, 3.63) is 278 Å². The normalized spacial score (nSPS) is 15.0. The smallest absolute Gasteiger partial charge is 0.0709 e. The summed E-state index contributed by atoms with van der Waals surface area (Å²) in [6, 6.07) is 90.9. The van der Waals surface area contributed by atoms with Crippen LogP contribution in [0.2, 0.25) is 0 Å². The van der Waals surface area contributed by atoms with Crippen LogP contribution in [0, 0.1) is 0 Å². The number of hydrogen-bond acceptors (Lipinski definition) is 4. The molecular weight excluding hydrogens is 849 g/mol. The molecule has 11 aromatic carbocycles. The summed E-state index contributed by atoms with van der Waals surface area (Å²) in [5.41, 5.74) is 17.5. The Hall–Kier alpha value is -9.12. The molecule has 1 unspecified atom stereocenters. The molecule has 0 bridgehead atoms. The predicted molar refractivity (Wildman–Crippen MR) is 294 cm³/mol. The zero-order valence-electron chi connectivity index (χ0n) is 38.4. The van der Waals surface area contributed by atoms with Crippen LogP contribution in [0.25, 0.3) is 43.4 Å². The maximum Gasteiger partial charge on any atom is 0.0709 e. The molecule has 70 heavy (non-hydrogen) atoms. The molecule has 0 saturated heterocycles. The third-order valence-electron chi connectivity index (χ3n) is 14.5. The van der Waals surface area contributed by atoms with Crippen LogP contribution < -0.4 is 19.6 Å². The molecule has 4 heteroatoms. The van der Waals surface area contributed by atoms with Crippen molar-refractivity contribution in [2.24, 2.45) is 0 Å². The minimum Gasteiger partial charge on any atom is -0.307 e. The highest BCUT2D eigenvalue weighted by Gasteiger charge is 2.36. The van der Waals surface area contributed by atoms with Gasteiger partial charge in [-0.1, -0.05) is 164 Å². The quantitative estimate of drug-likeness (QED) is 0.154. The molecule has 0 saturated carbocycles. The highest BCUT2D eigenvalue weighted by atomic mass is 15.3. The van der Waals surface area contributed by atoms with Gasteiger partial charge in [-0.05, 0) is 152 Å². The topological polar surface area (TPSA) is 13.0 Å². The second-order valence-corrected chi connectivity index (χ2v) is 18.4. The van der Waals surface area contributed by atoms with Gasteiger partial charge in [-0.3, -0.25) is 0 Å². The van der Waals surface area contributed by atoms with E-state index in [2.05, 4.69) is 280 Å². The minimum atomic E-state index is 0.115. The zero-order chi connectivity index (χ0) is 46.1. The van der Waals surface area contributed by atoms with E-state index in [9.17, 15) is 0 Å². The molecule has 0 radical (unpaired) electrons. The van der Waals surface area contributed by atoms with E-state index in [1.54, 1.807) is 0 Å². The number of para-hydroxylation sites is 8. The van der Waals surface area contributed by atoms with Crippen LogP contribution in [-0.2, 0) is 0 Å². The zero-order valence-corrected chi connectivity index (χ0v) is 38.4. The number of allylic oxidation sites excluding steroid dienone is 2. The molecule has 0 amide bonds. The molecule has 0 N–H and O–H groups in total. The van der Waals surface area contributed by atoms with Gasteiger partial charge in [0.1, 0.15) is 0 Å². The highest BCUT2D eigenvalue weighted by Crippen LogP contribution is 2.56. The summed E-state index contributed by atoms with van der Waals surface area (Å²) in [4.78, 5) is 9.76. The number of benzene rings is 11. The Morgan fingerprint density at radius 2 is 0.729 bits per heavy atom. The van der Waals surface area contributed by atoms with E-state index in [1.165, 1.54) is 66.1 Å². The molecule has 0 aromatic heterocycles. The molecular formula is C66H46N4. The fraction of sp³-hybridized carbons (Fsp3) is 0.0303. The first-order valence-electron chi connectivity index (χ1n) is 24.3. The highest BCUT2D eigenvalue weighted by molar-refractivity contribution is 6.24. The third kappa shape index (κ3) is 6.30. The number of hydrogen-bond donors (Lipinski definition) is 0. The van der Waals surface area contributed by atoms with Crippen LogP contribution in [0.3, 0.4) is 0 Å². The molecule has 2 heterocycles. The Morgan fingerprint density at radius 3 is 1.29 bits per heavy atom. The molecule has 1 atom stereocenters. The van der Waals surface area contributed by atoms with Crippen molar-refractivity contribution in [2.75, 3.05) is 19.6 Å². The van der Waals surface area contributed by atoms with Gasteiger partial charge in [0, 0.05) is 28.7 Å². The lowest BCUT2D eigenvalue weighted by Gasteiger charge is -2.44. The average molecular weight is 895 g/mol. The van der Waals surface area contributed by atoms with Gasteiger partial charge in [0.25, 0.3) is 0 Å². The summed E-state index contributed by atoms with van der Waals surface area (Å²) < 4.78 is 0. The fourth-order valence-electron chi connectivity index (χ4n) is 11.5. The van der Waals surface area contributed by atoms with Crippen molar-refractivity contribution in [1.82, 2.24) is 0 Å². The van der Waals surface area contributed by atoms with Crippen LogP contribution >= 0.6 is 0 Å². The minimum absolute atomic E-state index is 0.115. The molecule has 4 nitrogen and oxygen atoms in total. The van der Waals surface area contributed by atoms with E-state index in [-0.39, 0.29) is 5.92 Å². The van der Waals surface area contributed by atoms with Crippen LogP contribution in [0.15, 0.2) is 272 Å². The van der Waals surface area contributed by atoms with Crippen LogP contribution in [0.5, 0.6) is 0 Å². The Labute approximate surface area is 408 Å². The maximum absolute atomic E-state index is 2.54. The first-order valence-corrected chi connectivity index (χ1v) is 24.3. The van der Waals surface area contributed by atoms with Gasteiger partial charge in [-0.25, -0.2) is 0 Å². The predicted octanol–water partition coefficient (Wildman–Crippen LogP) is 18.3. The summed E-state index contributed by atoms with van der Waals surface area (Å²) in [7, 11) is 0. The molecule has 330 valence electrons. The first-order chi connectivity index (χ1) is 34.8.